The highest BCUT2D eigenvalue weighted by molar-refractivity contribution is 6.31. The Morgan fingerprint density at radius 3 is 2.65 bits per heavy atom. The lowest BCUT2D eigenvalue weighted by atomic mass is 10.1. The molecule has 1 aromatic heterocycles. The van der Waals surface area contributed by atoms with Gasteiger partial charge in [-0.25, -0.2) is 0 Å². The first kappa shape index (κ1) is 21.6. The molecule has 3 aromatic carbocycles. The Morgan fingerprint density at radius 2 is 1.76 bits per heavy atom. The lowest BCUT2D eigenvalue weighted by Crippen LogP contribution is -2.54. The van der Waals surface area contributed by atoms with Crippen molar-refractivity contribution >= 4 is 39.1 Å². The topological polar surface area (TPSA) is 50.1 Å². The van der Waals surface area contributed by atoms with Gasteiger partial charge in [-0.15, -0.1) is 0 Å². The number of halogens is 1. The lowest BCUT2D eigenvalue weighted by molar-refractivity contribution is 0.0754. The summed E-state index contributed by atoms with van der Waals surface area (Å²) < 4.78 is 13.2. The molecule has 2 atom stereocenters. The van der Waals surface area contributed by atoms with Crippen LogP contribution in [-0.4, -0.2) is 59.7 Å². The minimum Gasteiger partial charge on any atom is -0.454 e. The van der Waals surface area contributed by atoms with Crippen LogP contribution in [0.1, 0.15) is 6.92 Å². The molecule has 6 rings (SSSR count). The van der Waals surface area contributed by atoms with E-state index < -0.39 is 6.10 Å². The maximum Gasteiger partial charge on any atom is 0.231 e. The number of aromatic nitrogens is 1. The zero-order valence-corrected chi connectivity index (χ0v) is 19.9. The van der Waals surface area contributed by atoms with Gasteiger partial charge >= 0.3 is 0 Å². The second kappa shape index (κ2) is 8.69. The number of nitrogens with zero attached hydrogens (tertiary/aromatic N) is 3. The van der Waals surface area contributed by atoms with E-state index in [1.54, 1.807) is 0 Å². The molecular formula is C27H28ClN3O3. The smallest absolute Gasteiger partial charge is 0.231 e. The molecule has 1 N–H and O–H groups in total. The summed E-state index contributed by atoms with van der Waals surface area (Å²) in [6, 6.07) is 20.8. The van der Waals surface area contributed by atoms with Crippen molar-refractivity contribution in [3.05, 3.63) is 65.7 Å². The monoisotopic (exact) mass is 477 g/mol. The molecule has 0 amide bonds. The van der Waals surface area contributed by atoms with Gasteiger partial charge in [0.1, 0.15) is 0 Å². The van der Waals surface area contributed by atoms with Crippen molar-refractivity contribution in [2.45, 2.75) is 25.6 Å². The van der Waals surface area contributed by atoms with E-state index in [9.17, 15) is 5.11 Å². The van der Waals surface area contributed by atoms with Crippen molar-refractivity contribution in [2.24, 2.45) is 0 Å². The van der Waals surface area contributed by atoms with Crippen molar-refractivity contribution in [1.29, 1.82) is 0 Å². The van der Waals surface area contributed by atoms with Crippen LogP contribution in [0.3, 0.4) is 0 Å². The molecule has 0 aliphatic carbocycles. The van der Waals surface area contributed by atoms with Gasteiger partial charge in [-0.3, -0.25) is 4.90 Å². The number of rotatable bonds is 5. The Bertz CT molecular complexity index is 1350. The second-order valence-electron chi connectivity index (χ2n) is 9.27. The van der Waals surface area contributed by atoms with E-state index in [-0.39, 0.29) is 0 Å². The van der Waals surface area contributed by atoms with Gasteiger partial charge in [-0.05, 0) is 43.3 Å². The Labute approximate surface area is 203 Å². The van der Waals surface area contributed by atoms with E-state index >= 15 is 0 Å². The molecule has 4 aromatic rings. The fraction of sp³-hybridized carbons (Fsp3) is 0.333. The SMILES string of the molecule is CC1CN(c2ccc3c(c2)OCO3)CCN1CC(O)Cn1c2ccccc2c2cc(Cl)ccc21. The highest BCUT2D eigenvalue weighted by atomic mass is 35.5. The first-order valence-electron chi connectivity index (χ1n) is 11.8. The number of aliphatic hydroxyl groups excluding tert-OH is 1. The third-order valence-corrected chi connectivity index (χ3v) is 7.29. The summed E-state index contributed by atoms with van der Waals surface area (Å²) in [6.07, 6.45) is -0.478. The Morgan fingerprint density at radius 1 is 0.941 bits per heavy atom. The number of ether oxygens (including phenoxy) is 2. The van der Waals surface area contributed by atoms with Crippen molar-refractivity contribution < 1.29 is 14.6 Å². The van der Waals surface area contributed by atoms with E-state index in [1.807, 2.05) is 30.3 Å². The predicted octanol–water partition coefficient (Wildman–Crippen LogP) is 4.75. The molecule has 1 saturated heterocycles. The van der Waals surface area contributed by atoms with E-state index in [0.717, 1.165) is 63.6 Å². The second-order valence-corrected chi connectivity index (χ2v) is 9.71. The molecule has 0 bridgehead atoms. The fourth-order valence-electron chi connectivity index (χ4n) is 5.34. The van der Waals surface area contributed by atoms with Crippen molar-refractivity contribution in [3.63, 3.8) is 0 Å². The van der Waals surface area contributed by atoms with Crippen LogP contribution in [0.4, 0.5) is 5.69 Å². The molecule has 0 saturated carbocycles. The molecule has 0 radical (unpaired) electrons. The maximum absolute atomic E-state index is 11.1. The number of anilines is 1. The van der Waals surface area contributed by atoms with Crippen molar-refractivity contribution in [1.82, 2.24) is 9.47 Å². The quantitative estimate of drug-likeness (QED) is 0.449. The van der Waals surface area contributed by atoms with Crippen molar-refractivity contribution in [3.8, 4) is 11.5 Å². The van der Waals surface area contributed by atoms with E-state index in [4.69, 9.17) is 21.1 Å². The zero-order chi connectivity index (χ0) is 23.2. The third-order valence-electron chi connectivity index (χ3n) is 7.06. The summed E-state index contributed by atoms with van der Waals surface area (Å²) in [5, 5.41) is 14.1. The Kier molecular flexibility index (Phi) is 5.52. The molecule has 176 valence electrons. The van der Waals surface area contributed by atoms with Gasteiger partial charge < -0.3 is 24.0 Å². The van der Waals surface area contributed by atoms with Gasteiger partial charge in [0.2, 0.25) is 6.79 Å². The number of aliphatic hydroxyl groups is 1. The zero-order valence-electron chi connectivity index (χ0n) is 19.2. The van der Waals surface area contributed by atoms with Crippen molar-refractivity contribution in [2.75, 3.05) is 37.9 Å². The molecule has 2 aliphatic heterocycles. The van der Waals surface area contributed by atoms with E-state index in [1.165, 1.54) is 0 Å². The summed E-state index contributed by atoms with van der Waals surface area (Å²) in [6.45, 7) is 6.41. The van der Waals surface area contributed by atoms with Gasteiger partial charge in [0, 0.05) is 70.8 Å². The predicted molar refractivity (Wildman–Crippen MR) is 136 cm³/mol. The summed E-state index contributed by atoms with van der Waals surface area (Å²) >= 11 is 6.28. The number of piperazine rings is 1. The average Bonchev–Trinajstić information content (AvgIpc) is 3.43. The van der Waals surface area contributed by atoms with Crippen LogP contribution in [0.5, 0.6) is 11.5 Å². The van der Waals surface area contributed by atoms with E-state index in [0.29, 0.717) is 25.9 Å². The Hall–Kier alpha value is -2.93. The molecule has 0 spiro atoms. The summed E-state index contributed by atoms with van der Waals surface area (Å²) in [5.41, 5.74) is 3.38. The van der Waals surface area contributed by atoms with Crippen LogP contribution in [0.25, 0.3) is 21.8 Å². The van der Waals surface area contributed by atoms with Gasteiger partial charge in [-0.2, -0.15) is 0 Å². The number of para-hydroxylation sites is 1. The molecule has 34 heavy (non-hydrogen) atoms. The number of fused-ring (bicyclic) bond motifs is 4. The van der Waals surface area contributed by atoms with Crippen LogP contribution in [0, 0.1) is 0 Å². The highest BCUT2D eigenvalue weighted by Crippen LogP contribution is 2.36. The van der Waals surface area contributed by atoms with Crippen LogP contribution in [0.15, 0.2) is 60.7 Å². The molecule has 6 nitrogen and oxygen atoms in total. The van der Waals surface area contributed by atoms with Gasteiger partial charge in [-0.1, -0.05) is 29.8 Å². The van der Waals surface area contributed by atoms with Gasteiger partial charge in [0.25, 0.3) is 0 Å². The average molecular weight is 478 g/mol. The summed E-state index contributed by atoms with van der Waals surface area (Å²) in [4.78, 5) is 4.77. The third kappa shape index (κ3) is 3.86. The molecule has 1 fully saturated rings. The minimum absolute atomic E-state index is 0.292. The number of hydrogen-bond acceptors (Lipinski definition) is 5. The molecule has 2 aliphatic rings. The van der Waals surface area contributed by atoms with Crippen LogP contribution < -0.4 is 14.4 Å². The van der Waals surface area contributed by atoms with Gasteiger partial charge in [0.15, 0.2) is 11.5 Å². The number of hydrogen-bond donors (Lipinski definition) is 1. The van der Waals surface area contributed by atoms with Crippen LogP contribution >= 0.6 is 11.6 Å². The Balaban J connectivity index is 1.16. The molecule has 2 unspecified atom stereocenters. The standard InChI is InChI=1S/C27H28ClN3O3/c1-18-14-30(20-7-9-26-27(13-20)34-17-33-26)11-10-29(18)15-21(32)16-31-24-5-3-2-4-22(24)23-12-19(28)6-8-25(23)31/h2-9,12-13,18,21,32H,10-11,14-17H2,1H3. The van der Waals surface area contributed by atoms with Gasteiger partial charge in [0.05, 0.1) is 12.6 Å². The van der Waals surface area contributed by atoms with E-state index in [2.05, 4.69) is 51.6 Å². The lowest BCUT2D eigenvalue weighted by Gasteiger charge is -2.41. The summed E-state index contributed by atoms with van der Waals surface area (Å²) in [7, 11) is 0. The molecule has 7 heteroatoms. The number of β-amino-alcohol motifs (C(OH)–C–C–N with tert-alkyl or cyclic N) is 1. The first-order valence-corrected chi connectivity index (χ1v) is 12.2. The molecule has 3 heterocycles. The summed E-state index contributed by atoms with van der Waals surface area (Å²) in [5.74, 6) is 1.63. The first-order chi connectivity index (χ1) is 16.6. The van der Waals surface area contributed by atoms with Crippen LogP contribution in [0.2, 0.25) is 5.02 Å². The fourth-order valence-corrected chi connectivity index (χ4v) is 5.52. The number of benzene rings is 3. The highest BCUT2D eigenvalue weighted by Gasteiger charge is 2.27. The normalized spacial score (nSPS) is 19.3. The minimum atomic E-state index is -0.478. The molecular weight excluding hydrogens is 450 g/mol. The largest absolute Gasteiger partial charge is 0.454 e. The maximum atomic E-state index is 11.1. The van der Waals surface area contributed by atoms with Crippen LogP contribution in [-0.2, 0) is 6.54 Å².